The van der Waals surface area contributed by atoms with Gasteiger partial charge in [0.15, 0.2) is 0 Å². The second-order valence-corrected chi connectivity index (χ2v) is 4.26. The number of carbonyl (C=O) groups is 1. The Bertz CT molecular complexity index is 297. The summed E-state index contributed by atoms with van der Waals surface area (Å²) < 4.78 is 10.4. The van der Waals surface area contributed by atoms with Crippen molar-refractivity contribution in [2.75, 3.05) is 39.5 Å². The average molecular weight is 255 g/mol. The molecule has 0 bridgehead atoms. The van der Waals surface area contributed by atoms with Gasteiger partial charge in [-0.3, -0.25) is 4.79 Å². The van der Waals surface area contributed by atoms with Gasteiger partial charge in [-0.15, -0.1) is 0 Å². The molecule has 0 aromatic heterocycles. The lowest BCUT2D eigenvalue weighted by molar-refractivity contribution is -0.137. The van der Waals surface area contributed by atoms with Crippen LogP contribution in [0.15, 0.2) is 0 Å². The SMILES string of the molecule is CC(C#N)OCCNC(C)C(=O)N1CCOCC1. The van der Waals surface area contributed by atoms with Crippen molar-refractivity contribution >= 4 is 5.91 Å². The molecule has 0 saturated carbocycles. The van der Waals surface area contributed by atoms with E-state index in [1.54, 1.807) is 11.8 Å². The number of amides is 1. The third-order valence-corrected chi connectivity index (χ3v) is 2.80. The van der Waals surface area contributed by atoms with Crippen LogP contribution in [0.3, 0.4) is 0 Å². The van der Waals surface area contributed by atoms with Crippen molar-refractivity contribution in [3.8, 4) is 6.07 Å². The lowest BCUT2D eigenvalue weighted by atomic mass is 10.2. The molecule has 0 radical (unpaired) electrons. The highest BCUT2D eigenvalue weighted by Crippen LogP contribution is 2.00. The van der Waals surface area contributed by atoms with Crippen LogP contribution in [0.1, 0.15) is 13.8 Å². The van der Waals surface area contributed by atoms with Gasteiger partial charge in [-0.1, -0.05) is 0 Å². The van der Waals surface area contributed by atoms with E-state index in [4.69, 9.17) is 14.7 Å². The number of hydrogen-bond donors (Lipinski definition) is 1. The molecule has 1 aliphatic heterocycles. The zero-order chi connectivity index (χ0) is 13.4. The lowest BCUT2D eigenvalue weighted by Gasteiger charge is -2.29. The Morgan fingerprint density at radius 1 is 1.50 bits per heavy atom. The van der Waals surface area contributed by atoms with Crippen LogP contribution in [-0.4, -0.2) is 62.4 Å². The number of morpholine rings is 1. The molecule has 18 heavy (non-hydrogen) atoms. The second kappa shape index (κ2) is 8.03. The molecule has 1 heterocycles. The van der Waals surface area contributed by atoms with Crippen molar-refractivity contribution in [3.63, 3.8) is 0 Å². The highest BCUT2D eigenvalue weighted by molar-refractivity contribution is 5.81. The summed E-state index contributed by atoms with van der Waals surface area (Å²) in [7, 11) is 0. The molecule has 0 aliphatic carbocycles. The summed E-state index contributed by atoms with van der Waals surface area (Å²) in [5.74, 6) is 0.0895. The molecule has 1 rings (SSSR count). The third-order valence-electron chi connectivity index (χ3n) is 2.80. The first-order chi connectivity index (χ1) is 8.65. The molecule has 1 amide bonds. The van der Waals surface area contributed by atoms with Crippen molar-refractivity contribution in [1.82, 2.24) is 10.2 Å². The van der Waals surface area contributed by atoms with Crippen molar-refractivity contribution in [1.29, 1.82) is 5.26 Å². The van der Waals surface area contributed by atoms with E-state index < -0.39 is 6.10 Å². The van der Waals surface area contributed by atoms with Crippen LogP contribution in [0.25, 0.3) is 0 Å². The van der Waals surface area contributed by atoms with Crippen LogP contribution in [0, 0.1) is 11.3 Å². The maximum atomic E-state index is 12.0. The minimum atomic E-state index is -0.406. The Labute approximate surface area is 108 Å². The van der Waals surface area contributed by atoms with Gasteiger partial charge in [-0.25, -0.2) is 0 Å². The van der Waals surface area contributed by atoms with Crippen molar-refractivity contribution in [3.05, 3.63) is 0 Å². The van der Waals surface area contributed by atoms with Gasteiger partial charge >= 0.3 is 0 Å². The zero-order valence-electron chi connectivity index (χ0n) is 11.0. The molecule has 0 aromatic carbocycles. The Balaban J connectivity index is 2.17. The Morgan fingerprint density at radius 3 is 2.78 bits per heavy atom. The van der Waals surface area contributed by atoms with Crippen LogP contribution in [0.4, 0.5) is 0 Å². The Hall–Kier alpha value is -1.16. The first kappa shape index (κ1) is 14.9. The summed E-state index contributed by atoms with van der Waals surface area (Å²) in [5, 5.41) is 11.6. The monoisotopic (exact) mass is 255 g/mol. The Kier molecular flexibility index (Phi) is 6.65. The maximum absolute atomic E-state index is 12.0. The first-order valence-electron chi connectivity index (χ1n) is 6.26. The second-order valence-electron chi connectivity index (χ2n) is 4.26. The van der Waals surface area contributed by atoms with E-state index in [0.29, 0.717) is 39.5 Å². The molecule has 6 nitrogen and oxygen atoms in total. The predicted molar refractivity (Wildman–Crippen MR) is 65.9 cm³/mol. The molecule has 1 saturated heterocycles. The van der Waals surface area contributed by atoms with Gasteiger partial charge in [0.1, 0.15) is 6.10 Å². The first-order valence-corrected chi connectivity index (χ1v) is 6.26. The smallest absolute Gasteiger partial charge is 0.239 e. The molecular weight excluding hydrogens is 234 g/mol. The van der Waals surface area contributed by atoms with Crippen molar-refractivity contribution in [2.45, 2.75) is 26.0 Å². The van der Waals surface area contributed by atoms with Gasteiger partial charge in [0, 0.05) is 19.6 Å². The number of nitrogens with zero attached hydrogens (tertiary/aromatic N) is 2. The number of ether oxygens (including phenoxy) is 2. The minimum absolute atomic E-state index is 0.0895. The van der Waals surface area contributed by atoms with E-state index in [0.717, 1.165) is 0 Å². The van der Waals surface area contributed by atoms with Gasteiger partial charge in [-0.05, 0) is 13.8 Å². The van der Waals surface area contributed by atoms with E-state index >= 15 is 0 Å². The highest BCUT2D eigenvalue weighted by Gasteiger charge is 2.21. The Morgan fingerprint density at radius 2 is 2.17 bits per heavy atom. The topological polar surface area (TPSA) is 74.6 Å². The quantitative estimate of drug-likeness (QED) is 0.663. The molecule has 0 aromatic rings. The molecule has 6 heteroatoms. The van der Waals surface area contributed by atoms with E-state index in [2.05, 4.69) is 5.32 Å². The summed E-state index contributed by atoms with van der Waals surface area (Å²) in [6, 6.07) is 1.76. The predicted octanol–water partition coefficient (Wildman–Crippen LogP) is -0.248. The number of carbonyl (C=O) groups excluding carboxylic acids is 1. The molecule has 1 aliphatic rings. The molecule has 0 spiro atoms. The fraction of sp³-hybridized carbons (Fsp3) is 0.833. The van der Waals surface area contributed by atoms with Gasteiger partial charge in [-0.2, -0.15) is 5.26 Å². The molecule has 102 valence electrons. The fourth-order valence-electron chi connectivity index (χ4n) is 1.69. The lowest BCUT2D eigenvalue weighted by Crippen LogP contribution is -2.49. The van der Waals surface area contributed by atoms with Crippen LogP contribution in [-0.2, 0) is 14.3 Å². The standard InChI is InChI=1S/C12H21N3O3/c1-10(9-13)18-6-3-14-11(2)12(16)15-4-7-17-8-5-15/h10-11,14H,3-8H2,1-2H3. The summed E-state index contributed by atoms with van der Waals surface area (Å²) in [6.45, 7) is 7.06. The van der Waals surface area contributed by atoms with Gasteiger partial charge in [0.25, 0.3) is 0 Å². The van der Waals surface area contributed by atoms with Crippen molar-refractivity contribution < 1.29 is 14.3 Å². The molecule has 2 unspecified atom stereocenters. The largest absolute Gasteiger partial charge is 0.378 e. The number of rotatable bonds is 6. The van der Waals surface area contributed by atoms with Gasteiger partial charge in [0.05, 0.1) is 31.9 Å². The van der Waals surface area contributed by atoms with E-state index in [9.17, 15) is 4.79 Å². The third kappa shape index (κ3) is 5.00. The van der Waals surface area contributed by atoms with Crippen LogP contribution >= 0.6 is 0 Å². The van der Waals surface area contributed by atoms with Crippen molar-refractivity contribution in [2.24, 2.45) is 0 Å². The zero-order valence-corrected chi connectivity index (χ0v) is 11.0. The van der Waals surface area contributed by atoms with E-state index in [-0.39, 0.29) is 11.9 Å². The summed E-state index contributed by atoms with van der Waals surface area (Å²) in [6.07, 6.45) is -0.406. The molecular formula is C12H21N3O3. The normalized spacial score (nSPS) is 19.1. The van der Waals surface area contributed by atoms with Crippen LogP contribution in [0.2, 0.25) is 0 Å². The number of nitriles is 1. The summed E-state index contributed by atoms with van der Waals surface area (Å²) >= 11 is 0. The average Bonchev–Trinajstić information content (AvgIpc) is 2.43. The molecule has 1 N–H and O–H groups in total. The summed E-state index contributed by atoms with van der Waals surface area (Å²) in [5.41, 5.74) is 0. The van der Waals surface area contributed by atoms with Crippen LogP contribution < -0.4 is 5.32 Å². The van der Waals surface area contributed by atoms with E-state index in [1.807, 2.05) is 13.0 Å². The summed E-state index contributed by atoms with van der Waals surface area (Å²) in [4.78, 5) is 13.8. The number of hydrogen-bond acceptors (Lipinski definition) is 5. The molecule has 1 fully saturated rings. The fourth-order valence-corrected chi connectivity index (χ4v) is 1.69. The minimum Gasteiger partial charge on any atom is -0.378 e. The van der Waals surface area contributed by atoms with Gasteiger partial charge < -0.3 is 19.7 Å². The number of nitrogens with one attached hydrogen (secondary N) is 1. The maximum Gasteiger partial charge on any atom is 0.239 e. The van der Waals surface area contributed by atoms with Crippen LogP contribution in [0.5, 0.6) is 0 Å². The van der Waals surface area contributed by atoms with Gasteiger partial charge in [0.2, 0.25) is 5.91 Å². The van der Waals surface area contributed by atoms with E-state index in [1.165, 1.54) is 0 Å². The molecule has 2 atom stereocenters. The highest BCUT2D eigenvalue weighted by atomic mass is 16.5.